The van der Waals surface area contributed by atoms with Gasteiger partial charge in [0, 0.05) is 19.5 Å². The van der Waals surface area contributed by atoms with Crippen LogP contribution in [0.4, 0.5) is 0 Å². The minimum absolute atomic E-state index is 0.712. The van der Waals surface area contributed by atoms with E-state index in [4.69, 9.17) is 5.26 Å². The molecule has 2 atom stereocenters. The number of nitriles is 1. The van der Waals surface area contributed by atoms with Crippen molar-refractivity contribution >= 4 is 0 Å². The molecule has 2 aliphatic rings. The first-order valence-electron chi connectivity index (χ1n) is 5.20. The van der Waals surface area contributed by atoms with Gasteiger partial charge < -0.3 is 10.2 Å². The lowest BCUT2D eigenvalue weighted by molar-refractivity contribution is 0.310. The monoisotopic (exact) mass is 179 g/mol. The van der Waals surface area contributed by atoms with Gasteiger partial charge in [-0.05, 0) is 37.9 Å². The summed E-state index contributed by atoms with van der Waals surface area (Å²) >= 11 is 0. The van der Waals surface area contributed by atoms with E-state index in [9.17, 15) is 0 Å². The van der Waals surface area contributed by atoms with Crippen molar-refractivity contribution in [2.24, 2.45) is 11.8 Å². The van der Waals surface area contributed by atoms with Crippen LogP contribution in [0.5, 0.6) is 0 Å². The molecule has 0 spiro atoms. The van der Waals surface area contributed by atoms with E-state index >= 15 is 0 Å². The van der Waals surface area contributed by atoms with E-state index in [1.165, 1.54) is 26.2 Å². The first-order chi connectivity index (χ1) is 6.40. The maximum atomic E-state index is 8.42. The number of fused-ring (bicyclic) bond motifs is 1. The van der Waals surface area contributed by atoms with Crippen LogP contribution in [-0.2, 0) is 0 Å². The first kappa shape index (κ1) is 8.98. The number of hydrogen-bond donors (Lipinski definition) is 1. The standard InChI is InChI=1S/C10H17N3/c11-3-1-2-4-13-7-9-5-12-6-10(9)8-13/h9-10,12H,1-2,4-8H2/t9-,10+. The van der Waals surface area contributed by atoms with Gasteiger partial charge in [-0.1, -0.05) is 0 Å². The average molecular weight is 179 g/mol. The van der Waals surface area contributed by atoms with E-state index < -0.39 is 0 Å². The lowest BCUT2D eigenvalue weighted by Crippen LogP contribution is -2.26. The van der Waals surface area contributed by atoms with Crippen molar-refractivity contribution in [1.29, 1.82) is 5.26 Å². The van der Waals surface area contributed by atoms with Crippen LogP contribution in [0.1, 0.15) is 12.8 Å². The Bertz CT molecular complexity index is 197. The van der Waals surface area contributed by atoms with Crippen LogP contribution < -0.4 is 5.32 Å². The third-order valence-electron chi connectivity index (χ3n) is 3.23. The molecule has 2 fully saturated rings. The number of nitrogens with zero attached hydrogens (tertiary/aromatic N) is 2. The SMILES string of the molecule is N#CCCCN1C[C@H]2CNC[C@H]2C1. The average Bonchev–Trinajstić information content (AvgIpc) is 2.64. The highest BCUT2D eigenvalue weighted by atomic mass is 15.2. The maximum Gasteiger partial charge on any atom is 0.0622 e. The highest BCUT2D eigenvalue weighted by Gasteiger charge is 2.35. The third kappa shape index (κ3) is 2.01. The molecule has 0 aromatic heterocycles. The number of likely N-dealkylation sites (tertiary alicyclic amines) is 1. The molecular formula is C10H17N3. The fraction of sp³-hybridized carbons (Fsp3) is 0.900. The van der Waals surface area contributed by atoms with Crippen LogP contribution in [0.3, 0.4) is 0 Å². The van der Waals surface area contributed by atoms with Crippen LogP contribution >= 0.6 is 0 Å². The Labute approximate surface area is 79.7 Å². The molecule has 0 radical (unpaired) electrons. The molecule has 1 N–H and O–H groups in total. The largest absolute Gasteiger partial charge is 0.316 e. The summed E-state index contributed by atoms with van der Waals surface area (Å²) in [6.07, 6.45) is 1.76. The van der Waals surface area contributed by atoms with E-state index in [-0.39, 0.29) is 0 Å². The lowest BCUT2D eigenvalue weighted by atomic mass is 10.0. The predicted molar refractivity (Wildman–Crippen MR) is 51.1 cm³/mol. The van der Waals surface area contributed by atoms with Crippen LogP contribution in [-0.4, -0.2) is 37.6 Å². The molecule has 2 aliphatic heterocycles. The number of nitrogens with one attached hydrogen (secondary N) is 1. The van der Waals surface area contributed by atoms with Gasteiger partial charge >= 0.3 is 0 Å². The molecule has 3 nitrogen and oxygen atoms in total. The van der Waals surface area contributed by atoms with E-state index in [1.807, 2.05) is 0 Å². The Kier molecular flexibility index (Phi) is 2.82. The summed E-state index contributed by atoms with van der Waals surface area (Å²) in [5, 5.41) is 11.9. The van der Waals surface area contributed by atoms with E-state index in [1.54, 1.807) is 0 Å². The van der Waals surface area contributed by atoms with Gasteiger partial charge in [-0.2, -0.15) is 5.26 Å². The van der Waals surface area contributed by atoms with Crippen molar-refractivity contribution < 1.29 is 0 Å². The quantitative estimate of drug-likeness (QED) is 0.639. The normalized spacial score (nSPS) is 33.2. The van der Waals surface area contributed by atoms with Crippen molar-refractivity contribution in [3.8, 4) is 6.07 Å². The van der Waals surface area contributed by atoms with Crippen molar-refractivity contribution in [1.82, 2.24) is 10.2 Å². The maximum absolute atomic E-state index is 8.42. The van der Waals surface area contributed by atoms with E-state index in [0.29, 0.717) is 6.42 Å². The van der Waals surface area contributed by atoms with Gasteiger partial charge in [0.2, 0.25) is 0 Å². The van der Waals surface area contributed by atoms with Crippen molar-refractivity contribution in [3.05, 3.63) is 0 Å². The van der Waals surface area contributed by atoms with Gasteiger partial charge in [0.05, 0.1) is 6.07 Å². The molecule has 13 heavy (non-hydrogen) atoms. The summed E-state index contributed by atoms with van der Waals surface area (Å²) < 4.78 is 0. The second-order valence-corrected chi connectivity index (χ2v) is 4.20. The zero-order valence-electron chi connectivity index (χ0n) is 8.00. The second-order valence-electron chi connectivity index (χ2n) is 4.20. The van der Waals surface area contributed by atoms with Crippen LogP contribution in [0.25, 0.3) is 0 Å². The minimum Gasteiger partial charge on any atom is -0.316 e. The Morgan fingerprint density at radius 3 is 2.62 bits per heavy atom. The lowest BCUT2D eigenvalue weighted by Gasteiger charge is -2.15. The summed E-state index contributed by atoms with van der Waals surface area (Å²) in [5.74, 6) is 1.78. The zero-order valence-corrected chi connectivity index (χ0v) is 8.00. The number of rotatable bonds is 3. The third-order valence-corrected chi connectivity index (χ3v) is 3.23. The fourth-order valence-corrected chi connectivity index (χ4v) is 2.52. The van der Waals surface area contributed by atoms with E-state index in [0.717, 1.165) is 24.8 Å². The highest BCUT2D eigenvalue weighted by molar-refractivity contribution is 4.91. The number of hydrogen-bond acceptors (Lipinski definition) is 3. The molecule has 0 amide bonds. The molecule has 72 valence electrons. The van der Waals surface area contributed by atoms with Gasteiger partial charge in [0.1, 0.15) is 0 Å². The Morgan fingerprint density at radius 1 is 1.31 bits per heavy atom. The van der Waals surface area contributed by atoms with Gasteiger partial charge in [0.15, 0.2) is 0 Å². The Morgan fingerprint density at radius 2 is 2.00 bits per heavy atom. The molecular weight excluding hydrogens is 162 g/mol. The summed E-state index contributed by atoms with van der Waals surface area (Å²) in [6.45, 7) is 6.05. The molecule has 0 aliphatic carbocycles. The molecule has 0 aromatic rings. The summed E-state index contributed by atoms with van der Waals surface area (Å²) in [7, 11) is 0. The van der Waals surface area contributed by atoms with Gasteiger partial charge in [-0.3, -0.25) is 0 Å². The Hall–Kier alpha value is -0.590. The van der Waals surface area contributed by atoms with Crippen LogP contribution in [0, 0.1) is 23.2 Å². The molecule has 3 heteroatoms. The zero-order chi connectivity index (χ0) is 9.10. The predicted octanol–water partition coefficient (Wildman–Crippen LogP) is 0.441. The number of unbranched alkanes of at least 4 members (excludes halogenated alkanes) is 1. The van der Waals surface area contributed by atoms with Gasteiger partial charge in [0.25, 0.3) is 0 Å². The fourth-order valence-electron chi connectivity index (χ4n) is 2.52. The molecule has 0 saturated carbocycles. The molecule has 0 unspecified atom stereocenters. The molecule has 0 bridgehead atoms. The van der Waals surface area contributed by atoms with E-state index in [2.05, 4.69) is 16.3 Å². The van der Waals surface area contributed by atoms with Crippen molar-refractivity contribution in [2.75, 3.05) is 32.7 Å². The molecule has 2 saturated heterocycles. The minimum atomic E-state index is 0.712. The summed E-state index contributed by atoms with van der Waals surface area (Å²) in [5.41, 5.74) is 0. The smallest absolute Gasteiger partial charge is 0.0622 e. The first-order valence-corrected chi connectivity index (χ1v) is 5.20. The van der Waals surface area contributed by atoms with Gasteiger partial charge in [-0.15, -0.1) is 0 Å². The molecule has 0 aromatic carbocycles. The molecule has 2 heterocycles. The second kappa shape index (κ2) is 4.08. The van der Waals surface area contributed by atoms with Crippen LogP contribution in [0.2, 0.25) is 0 Å². The topological polar surface area (TPSA) is 39.1 Å². The highest BCUT2D eigenvalue weighted by Crippen LogP contribution is 2.26. The van der Waals surface area contributed by atoms with Crippen LogP contribution in [0.15, 0.2) is 0 Å². The Balaban J connectivity index is 1.70. The summed E-state index contributed by atoms with van der Waals surface area (Å²) in [4.78, 5) is 2.52. The summed E-state index contributed by atoms with van der Waals surface area (Å²) in [6, 6.07) is 2.20. The van der Waals surface area contributed by atoms with Crippen molar-refractivity contribution in [2.45, 2.75) is 12.8 Å². The van der Waals surface area contributed by atoms with Gasteiger partial charge in [-0.25, -0.2) is 0 Å². The van der Waals surface area contributed by atoms with Crippen molar-refractivity contribution in [3.63, 3.8) is 0 Å². The molecule has 2 rings (SSSR count).